The van der Waals surface area contributed by atoms with Crippen LogP contribution in [0.3, 0.4) is 0 Å². The van der Waals surface area contributed by atoms with Crippen molar-refractivity contribution in [3.8, 4) is 0 Å². The van der Waals surface area contributed by atoms with Crippen LogP contribution in [-0.4, -0.2) is 20.2 Å². The van der Waals surface area contributed by atoms with Gasteiger partial charge in [-0.15, -0.1) is 0 Å². The maximum Gasteiger partial charge on any atom is 0.336 e. The maximum absolute atomic E-state index is 10.5. The number of halogens is 1. The number of H-pyrrole nitrogens is 1. The lowest BCUT2D eigenvalue weighted by Gasteiger charge is -1.99. The zero-order chi connectivity index (χ0) is 10.7. The summed E-state index contributed by atoms with van der Waals surface area (Å²) in [5.41, 5.74) is 4.76. The largest absolute Gasteiger partial charge is 0.382 e. The first-order valence-corrected chi connectivity index (χ1v) is 4.42. The van der Waals surface area contributed by atoms with E-state index in [4.69, 9.17) is 5.73 Å². The van der Waals surface area contributed by atoms with Crippen LogP contribution in [-0.2, 0) is 0 Å². The smallest absolute Gasteiger partial charge is 0.336 e. The predicted molar refractivity (Wildman–Crippen MR) is 52.7 cm³/mol. The Hall–Kier alpha value is -1.41. The van der Waals surface area contributed by atoms with Gasteiger partial charge in [0.15, 0.2) is 11.5 Å². The van der Waals surface area contributed by atoms with Crippen molar-refractivity contribution in [2.45, 2.75) is 6.10 Å². The van der Waals surface area contributed by atoms with Crippen LogP contribution in [0.15, 0.2) is 11.1 Å². The summed E-state index contributed by atoms with van der Waals surface area (Å²) in [7, 11) is 0. The van der Waals surface area contributed by atoms with E-state index in [1.54, 1.807) is 0 Å². The van der Waals surface area contributed by atoms with E-state index < -0.39 is 16.7 Å². The molecule has 0 amide bonds. The van der Waals surface area contributed by atoms with E-state index in [2.05, 4.69) is 26.1 Å². The molecule has 0 bridgehead atoms. The number of aliphatic hydroxyl groups excluding tert-OH is 1. The van der Waals surface area contributed by atoms with Gasteiger partial charge >= 0.3 is 5.69 Å². The standard InChI is InChI=1S/C6H7BrN4O3/c7-2-1-3(12)4-5(11(13)14)6(8)10-9-4/h1-3,12H,(H3,8,9,10). The maximum atomic E-state index is 10.5. The Labute approximate surface area is 86.9 Å². The van der Waals surface area contributed by atoms with E-state index in [1.807, 2.05) is 0 Å². The monoisotopic (exact) mass is 262 g/mol. The average molecular weight is 263 g/mol. The number of nitrogens with two attached hydrogens (primary N) is 1. The lowest BCUT2D eigenvalue weighted by molar-refractivity contribution is -0.385. The number of hydrogen-bond acceptors (Lipinski definition) is 5. The molecule has 7 nitrogen and oxygen atoms in total. The number of hydrogen-bond donors (Lipinski definition) is 3. The molecular weight excluding hydrogens is 256 g/mol. The molecule has 0 saturated heterocycles. The molecule has 76 valence electrons. The van der Waals surface area contributed by atoms with Gasteiger partial charge in [0.1, 0.15) is 6.10 Å². The van der Waals surface area contributed by atoms with Gasteiger partial charge in [-0.1, -0.05) is 15.9 Å². The molecule has 1 unspecified atom stereocenters. The highest BCUT2D eigenvalue weighted by Crippen LogP contribution is 2.28. The Morgan fingerprint density at radius 3 is 2.93 bits per heavy atom. The quantitative estimate of drug-likeness (QED) is 0.551. The fourth-order valence-corrected chi connectivity index (χ4v) is 1.21. The van der Waals surface area contributed by atoms with Crippen molar-refractivity contribution in [3.63, 3.8) is 0 Å². The second-order valence-electron chi connectivity index (χ2n) is 2.39. The van der Waals surface area contributed by atoms with Crippen LogP contribution in [0, 0.1) is 10.1 Å². The number of rotatable bonds is 3. The number of nitrogens with zero attached hydrogens (tertiary/aromatic N) is 2. The fourth-order valence-electron chi connectivity index (χ4n) is 0.922. The molecule has 0 aliphatic carbocycles. The summed E-state index contributed by atoms with van der Waals surface area (Å²) in [6.07, 6.45) is 0.131. The molecule has 1 atom stereocenters. The van der Waals surface area contributed by atoms with Crippen molar-refractivity contribution in [1.29, 1.82) is 0 Å². The minimum atomic E-state index is -1.16. The minimum absolute atomic E-state index is 0.108. The van der Waals surface area contributed by atoms with Crippen LogP contribution >= 0.6 is 15.9 Å². The Kier molecular flexibility index (Phi) is 3.20. The topological polar surface area (TPSA) is 118 Å². The van der Waals surface area contributed by atoms with Crippen LogP contribution < -0.4 is 5.73 Å². The van der Waals surface area contributed by atoms with Crippen molar-refractivity contribution >= 4 is 27.4 Å². The highest BCUT2D eigenvalue weighted by atomic mass is 79.9. The van der Waals surface area contributed by atoms with Gasteiger partial charge in [0.05, 0.1) is 4.92 Å². The van der Waals surface area contributed by atoms with Gasteiger partial charge in [0.2, 0.25) is 0 Å². The van der Waals surface area contributed by atoms with Gasteiger partial charge in [-0.2, -0.15) is 5.10 Å². The van der Waals surface area contributed by atoms with Gasteiger partial charge in [0.25, 0.3) is 0 Å². The lowest BCUT2D eigenvalue weighted by Crippen LogP contribution is -2.00. The number of nitrogen functional groups attached to an aromatic ring is 1. The summed E-state index contributed by atoms with van der Waals surface area (Å²) in [6.45, 7) is 0. The Bertz CT molecular complexity index is 375. The molecule has 1 rings (SSSR count). The third kappa shape index (κ3) is 1.91. The number of nitrogens with one attached hydrogen (secondary N) is 1. The molecule has 4 N–H and O–H groups in total. The zero-order valence-corrected chi connectivity index (χ0v) is 8.43. The second-order valence-corrected chi connectivity index (χ2v) is 2.92. The molecule has 14 heavy (non-hydrogen) atoms. The molecule has 0 aromatic carbocycles. The minimum Gasteiger partial charge on any atom is -0.382 e. The summed E-state index contributed by atoms with van der Waals surface area (Å²) in [6, 6.07) is 0. The molecule has 0 aliphatic rings. The molecule has 1 aromatic heterocycles. The number of aromatic nitrogens is 2. The second kappa shape index (κ2) is 4.20. The van der Waals surface area contributed by atoms with Crippen molar-refractivity contribution in [1.82, 2.24) is 10.2 Å². The molecule has 8 heteroatoms. The predicted octanol–water partition coefficient (Wildman–Crippen LogP) is 0.842. The van der Waals surface area contributed by atoms with Crippen molar-refractivity contribution < 1.29 is 10.0 Å². The molecule has 0 fully saturated rings. The Morgan fingerprint density at radius 1 is 1.79 bits per heavy atom. The third-order valence-corrected chi connectivity index (χ3v) is 1.82. The molecule has 1 heterocycles. The van der Waals surface area contributed by atoms with E-state index in [-0.39, 0.29) is 11.5 Å². The van der Waals surface area contributed by atoms with Gasteiger partial charge in [-0.3, -0.25) is 15.2 Å². The van der Waals surface area contributed by atoms with Crippen LogP contribution in [0.25, 0.3) is 0 Å². The van der Waals surface area contributed by atoms with Crippen molar-refractivity contribution in [2.75, 3.05) is 5.73 Å². The third-order valence-electron chi connectivity index (χ3n) is 1.51. The zero-order valence-electron chi connectivity index (χ0n) is 6.85. The molecule has 0 aliphatic heterocycles. The molecule has 1 aromatic rings. The summed E-state index contributed by atoms with van der Waals surface area (Å²) < 4.78 is 0. The van der Waals surface area contributed by atoms with Crippen LogP contribution in [0.4, 0.5) is 11.5 Å². The molecule has 0 radical (unpaired) electrons. The van der Waals surface area contributed by atoms with Crippen LogP contribution in [0.5, 0.6) is 0 Å². The Morgan fingerprint density at radius 2 is 2.43 bits per heavy atom. The average Bonchev–Trinajstić information content (AvgIpc) is 2.47. The van der Waals surface area contributed by atoms with Crippen molar-refractivity contribution in [2.24, 2.45) is 0 Å². The summed E-state index contributed by atoms with van der Waals surface area (Å²) in [5.74, 6) is -0.174. The van der Waals surface area contributed by atoms with Crippen LogP contribution in [0.2, 0.25) is 0 Å². The number of nitro groups is 1. The van der Waals surface area contributed by atoms with E-state index in [1.165, 1.54) is 11.1 Å². The lowest BCUT2D eigenvalue weighted by atomic mass is 10.2. The molecular formula is C6H7BrN4O3. The first-order chi connectivity index (χ1) is 6.57. The SMILES string of the molecule is Nc1[nH]nc(C(O)C=CBr)c1[N+](=O)[O-]. The highest BCUT2D eigenvalue weighted by Gasteiger charge is 2.26. The van der Waals surface area contributed by atoms with Crippen LogP contribution in [0.1, 0.15) is 11.8 Å². The summed E-state index contributed by atoms with van der Waals surface area (Å²) in [5, 5.41) is 25.7. The van der Waals surface area contributed by atoms with Gasteiger partial charge in [-0.25, -0.2) is 0 Å². The molecule has 0 spiro atoms. The van der Waals surface area contributed by atoms with Crippen molar-refractivity contribution in [3.05, 3.63) is 26.9 Å². The Balaban J connectivity index is 3.15. The number of aromatic amines is 1. The van der Waals surface area contributed by atoms with Gasteiger partial charge in [-0.05, 0) is 11.1 Å². The number of aliphatic hydroxyl groups is 1. The highest BCUT2D eigenvalue weighted by molar-refractivity contribution is 9.11. The first kappa shape index (κ1) is 10.7. The number of anilines is 1. The van der Waals surface area contributed by atoms with E-state index in [0.717, 1.165) is 0 Å². The summed E-state index contributed by atoms with van der Waals surface area (Å²) in [4.78, 5) is 11.2. The van der Waals surface area contributed by atoms with Gasteiger partial charge in [0, 0.05) is 0 Å². The molecule has 0 saturated carbocycles. The summed E-state index contributed by atoms with van der Waals surface area (Å²) >= 11 is 2.94. The van der Waals surface area contributed by atoms with Gasteiger partial charge < -0.3 is 10.8 Å². The van der Waals surface area contributed by atoms with E-state index in [9.17, 15) is 15.2 Å². The first-order valence-electron chi connectivity index (χ1n) is 3.51. The van der Waals surface area contributed by atoms with E-state index in [0.29, 0.717) is 0 Å². The van der Waals surface area contributed by atoms with E-state index >= 15 is 0 Å². The fraction of sp³-hybridized carbons (Fsp3) is 0.167. The normalized spacial score (nSPS) is 13.3.